The van der Waals surface area contributed by atoms with E-state index in [1.54, 1.807) is 13.2 Å². The summed E-state index contributed by atoms with van der Waals surface area (Å²) < 4.78 is 60.2. The van der Waals surface area contributed by atoms with Crippen LogP contribution in [-0.4, -0.2) is 32.3 Å². The Bertz CT molecular complexity index is 888. The second-order valence-corrected chi connectivity index (χ2v) is 7.28. The van der Waals surface area contributed by atoms with Gasteiger partial charge in [0.25, 0.3) is 0 Å². The van der Waals surface area contributed by atoms with Crippen molar-refractivity contribution in [2.24, 2.45) is 7.05 Å². The van der Waals surface area contributed by atoms with Crippen molar-refractivity contribution in [3.05, 3.63) is 41.2 Å². The molecule has 6 nitrogen and oxygen atoms in total. The molecule has 3 heterocycles. The van der Waals surface area contributed by atoms with Gasteiger partial charge >= 0.3 is 12.0 Å². The highest BCUT2D eigenvalue weighted by molar-refractivity contribution is 5.46. The van der Waals surface area contributed by atoms with Gasteiger partial charge in [0, 0.05) is 25.7 Å². The summed E-state index contributed by atoms with van der Waals surface area (Å²) in [5, 5.41) is 22.4. The van der Waals surface area contributed by atoms with Crippen LogP contribution in [0.2, 0.25) is 0 Å². The first-order chi connectivity index (χ1) is 12.5. The summed E-state index contributed by atoms with van der Waals surface area (Å²) in [6.45, 7) is 1.86. The Kier molecular flexibility index (Phi) is 3.80. The van der Waals surface area contributed by atoms with Gasteiger partial charge in [0.2, 0.25) is 0 Å². The lowest BCUT2D eigenvalue weighted by molar-refractivity contribution is -0.296. The fraction of sp³-hybridized carbons (Fsp3) is 0.529. The van der Waals surface area contributed by atoms with Crippen LogP contribution in [0, 0.1) is 0 Å². The van der Waals surface area contributed by atoms with Gasteiger partial charge in [-0.3, -0.25) is 4.68 Å². The quantitative estimate of drug-likeness (QED) is 0.777. The zero-order valence-corrected chi connectivity index (χ0v) is 14.6. The molecule has 0 spiro atoms. The van der Waals surface area contributed by atoms with Crippen molar-refractivity contribution < 1.29 is 27.4 Å². The van der Waals surface area contributed by atoms with Gasteiger partial charge in [-0.15, -0.1) is 5.10 Å². The molecule has 0 saturated carbocycles. The zero-order valence-electron chi connectivity index (χ0n) is 14.6. The van der Waals surface area contributed by atoms with Gasteiger partial charge < -0.3 is 15.2 Å². The summed E-state index contributed by atoms with van der Waals surface area (Å²) in [6, 6.07) is 2.77. The lowest BCUT2D eigenvalue weighted by atomic mass is 9.78. The molecule has 2 N–H and O–H groups in total. The number of hydrogen-bond donors (Lipinski definition) is 2. The number of aromatic nitrogens is 3. The smallest absolute Gasteiger partial charge is 0.427 e. The van der Waals surface area contributed by atoms with Crippen LogP contribution >= 0.6 is 0 Å². The van der Waals surface area contributed by atoms with E-state index >= 15 is 0 Å². The summed E-state index contributed by atoms with van der Waals surface area (Å²) in [6.07, 6.45) is -2.44. The van der Waals surface area contributed by atoms with Crippen LogP contribution in [0.15, 0.2) is 24.4 Å². The van der Waals surface area contributed by atoms with Crippen molar-refractivity contribution in [3.8, 4) is 5.75 Å². The van der Waals surface area contributed by atoms with E-state index in [0.717, 1.165) is 12.1 Å². The van der Waals surface area contributed by atoms with Crippen LogP contribution in [0.3, 0.4) is 0 Å². The molecule has 2 aliphatic rings. The van der Waals surface area contributed by atoms with Crippen LogP contribution in [0.4, 0.5) is 17.6 Å². The topological polar surface area (TPSA) is 72.2 Å². The highest BCUT2D eigenvalue weighted by Crippen LogP contribution is 2.54. The number of nitrogens with one attached hydrogen (secondary N) is 1. The van der Waals surface area contributed by atoms with E-state index in [4.69, 9.17) is 0 Å². The van der Waals surface area contributed by atoms with Crippen LogP contribution in [0.5, 0.6) is 5.75 Å². The summed E-state index contributed by atoms with van der Waals surface area (Å²) in [5.74, 6) is -5.02. The zero-order chi connectivity index (χ0) is 19.6. The molecule has 4 rings (SSSR count). The summed E-state index contributed by atoms with van der Waals surface area (Å²) in [4.78, 5) is 0. The number of alkyl halides is 4. The molecule has 146 valence electrons. The number of fused-ring (bicyclic) bond motifs is 1. The molecule has 10 heteroatoms. The van der Waals surface area contributed by atoms with Crippen LogP contribution in [-0.2, 0) is 18.6 Å². The van der Waals surface area contributed by atoms with Gasteiger partial charge in [0.15, 0.2) is 0 Å². The summed E-state index contributed by atoms with van der Waals surface area (Å²) >= 11 is 0. The van der Waals surface area contributed by atoms with E-state index in [1.807, 2.05) is 6.92 Å². The fourth-order valence-electron chi connectivity index (χ4n) is 3.85. The predicted molar refractivity (Wildman–Crippen MR) is 85.4 cm³/mol. The van der Waals surface area contributed by atoms with E-state index in [2.05, 4.69) is 20.4 Å². The molecule has 1 fully saturated rings. The molecule has 0 radical (unpaired) electrons. The van der Waals surface area contributed by atoms with E-state index in [1.165, 1.54) is 10.7 Å². The van der Waals surface area contributed by atoms with Gasteiger partial charge in [-0.2, -0.15) is 17.6 Å². The second kappa shape index (κ2) is 5.65. The molecular formula is C17H18F4N4O2. The maximum Gasteiger partial charge on any atom is 0.469 e. The van der Waals surface area contributed by atoms with Gasteiger partial charge in [-0.25, -0.2) is 0 Å². The molecule has 27 heavy (non-hydrogen) atoms. The standard InChI is InChI=1S/C17H18F4N4O2/c1-9-6-15(26,7-12(22-9)13-8-25(2)24-23-13)10-3-4-11-14(5-10)27-17(20,21)16(11,18)19/h3-5,8-9,12,22,26H,6-7H2,1-2H3/t9-,12-,15-/m0/s1. The predicted octanol–water partition coefficient (Wildman–Crippen LogP) is 2.59. The Morgan fingerprint density at radius 3 is 2.67 bits per heavy atom. The molecule has 2 aliphatic heterocycles. The highest BCUT2D eigenvalue weighted by Gasteiger charge is 2.66. The minimum absolute atomic E-state index is 0.132. The number of nitrogens with zero attached hydrogens (tertiary/aromatic N) is 3. The molecule has 0 bridgehead atoms. The van der Waals surface area contributed by atoms with Gasteiger partial charge in [0.1, 0.15) is 5.75 Å². The Hall–Kier alpha value is -2.20. The number of piperidine rings is 1. The molecule has 0 unspecified atom stereocenters. The lowest BCUT2D eigenvalue weighted by Crippen LogP contribution is -2.47. The van der Waals surface area contributed by atoms with Gasteiger partial charge in [-0.1, -0.05) is 11.3 Å². The number of aliphatic hydroxyl groups is 1. The van der Waals surface area contributed by atoms with Crippen molar-refractivity contribution in [3.63, 3.8) is 0 Å². The number of rotatable bonds is 2. The number of aryl methyl sites for hydroxylation is 1. The first kappa shape index (κ1) is 18.2. The average molecular weight is 386 g/mol. The van der Waals surface area contributed by atoms with Crippen LogP contribution in [0.25, 0.3) is 0 Å². The molecule has 2 aromatic rings. The van der Waals surface area contributed by atoms with Crippen molar-refractivity contribution in [1.29, 1.82) is 0 Å². The maximum atomic E-state index is 13.8. The van der Waals surface area contributed by atoms with Gasteiger partial charge in [0.05, 0.1) is 22.9 Å². The third-order valence-corrected chi connectivity index (χ3v) is 5.11. The van der Waals surface area contributed by atoms with E-state index in [9.17, 15) is 22.7 Å². The van der Waals surface area contributed by atoms with Gasteiger partial charge in [-0.05, 0) is 31.0 Å². The van der Waals surface area contributed by atoms with Crippen LogP contribution in [0.1, 0.15) is 42.6 Å². The number of hydrogen-bond acceptors (Lipinski definition) is 5. The minimum atomic E-state index is -4.61. The average Bonchev–Trinajstić information content (AvgIpc) is 3.06. The Balaban J connectivity index is 1.68. The SMILES string of the molecule is C[C@H]1C[C@@](O)(c2ccc3c(c2)OC(F)(F)C3(F)F)C[C@@H](c2cn(C)nn2)N1. The minimum Gasteiger partial charge on any atom is -0.427 e. The summed E-state index contributed by atoms with van der Waals surface area (Å²) in [5.41, 5.74) is -1.43. The molecule has 1 aromatic heterocycles. The number of ether oxygens (including phenoxy) is 1. The summed E-state index contributed by atoms with van der Waals surface area (Å²) in [7, 11) is 1.72. The van der Waals surface area contributed by atoms with E-state index in [-0.39, 0.29) is 30.5 Å². The molecule has 0 aliphatic carbocycles. The Morgan fingerprint density at radius 1 is 1.26 bits per heavy atom. The fourth-order valence-corrected chi connectivity index (χ4v) is 3.85. The monoisotopic (exact) mass is 386 g/mol. The van der Waals surface area contributed by atoms with Crippen LogP contribution < -0.4 is 10.1 Å². The van der Waals surface area contributed by atoms with Crippen molar-refractivity contribution in [1.82, 2.24) is 20.3 Å². The van der Waals surface area contributed by atoms with Crippen molar-refractivity contribution >= 4 is 0 Å². The molecule has 0 amide bonds. The Morgan fingerprint density at radius 2 is 2.00 bits per heavy atom. The number of halogens is 4. The largest absolute Gasteiger partial charge is 0.469 e. The molecule has 1 aromatic carbocycles. The molecule has 3 atom stereocenters. The number of benzene rings is 1. The lowest BCUT2D eigenvalue weighted by Gasteiger charge is -2.40. The van der Waals surface area contributed by atoms with Crippen molar-refractivity contribution in [2.45, 2.75) is 49.5 Å². The maximum absolute atomic E-state index is 13.8. The molecule has 1 saturated heterocycles. The Labute approximate surface area is 152 Å². The third kappa shape index (κ3) is 2.78. The third-order valence-electron chi connectivity index (χ3n) is 5.11. The first-order valence-electron chi connectivity index (χ1n) is 8.46. The second-order valence-electron chi connectivity index (χ2n) is 7.28. The van der Waals surface area contributed by atoms with E-state index < -0.39 is 28.9 Å². The van der Waals surface area contributed by atoms with Crippen molar-refractivity contribution in [2.75, 3.05) is 0 Å². The van der Waals surface area contributed by atoms with E-state index in [0.29, 0.717) is 5.69 Å². The first-order valence-corrected chi connectivity index (χ1v) is 8.46. The highest BCUT2D eigenvalue weighted by atomic mass is 19.3. The normalized spacial score (nSPS) is 31.4. The molecular weight excluding hydrogens is 368 g/mol.